The number of thioether (sulfide) groups is 1. The molecule has 1 fully saturated rings. The van der Waals surface area contributed by atoms with Gasteiger partial charge in [0.2, 0.25) is 5.91 Å². The van der Waals surface area contributed by atoms with Crippen molar-refractivity contribution in [3.63, 3.8) is 0 Å². The first-order chi connectivity index (χ1) is 18.7. The van der Waals surface area contributed by atoms with Crippen LogP contribution < -0.4 is 20.1 Å². The van der Waals surface area contributed by atoms with E-state index in [1.807, 2.05) is 0 Å². The van der Waals surface area contributed by atoms with Crippen molar-refractivity contribution in [3.8, 4) is 5.75 Å². The number of hydrogen-bond acceptors (Lipinski definition) is 8. The molecule has 0 aromatic heterocycles. The monoisotopic (exact) mass is 560 g/mol. The molecule has 2 aliphatic heterocycles. The number of amides is 1. The van der Waals surface area contributed by atoms with Gasteiger partial charge in [-0.25, -0.2) is 13.8 Å². The largest absolute Gasteiger partial charge is 0.573 e. The number of hydrazine groups is 1. The maximum Gasteiger partial charge on any atom is 0.573 e. The Labute approximate surface area is 222 Å². The topological polar surface area (TPSA) is 81.9 Å². The summed E-state index contributed by atoms with van der Waals surface area (Å²) in [5, 5.41) is 9.67. The molecule has 0 bridgehead atoms. The average Bonchev–Trinajstić information content (AvgIpc) is 3.52. The normalized spacial score (nSPS) is 16.8. The number of benzene rings is 3. The highest BCUT2D eigenvalue weighted by molar-refractivity contribution is 8.15. The molecule has 0 spiro atoms. The third-order valence-corrected chi connectivity index (χ3v) is 6.37. The van der Waals surface area contributed by atoms with Crippen LogP contribution in [0.1, 0.15) is 11.1 Å². The summed E-state index contributed by atoms with van der Waals surface area (Å²) in [7, 11) is 0. The Hall–Kier alpha value is -4.46. The van der Waals surface area contributed by atoms with Gasteiger partial charge >= 0.3 is 6.36 Å². The van der Waals surface area contributed by atoms with Crippen LogP contribution in [0, 0.1) is 11.6 Å². The molecule has 2 aliphatic rings. The van der Waals surface area contributed by atoms with Crippen LogP contribution in [0.5, 0.6) is 5.75 Å². The minimum absolute atomic E-state index is 0.0194. The molecule has 200 valence electrons. The van der Waals surface area contributed by atoms with Crippen molar-refractivity contribution in [1.29, 1.82) is 0 Å². The summed E-state index contributed by atoms with van der Waals surface area (Å²) in [5.74, 6) is -2.06. The van der Waals surface area contributed by atoms with Crippen LogP contribution in [-0.4, -0.2) is 41.9 Å². The smallest absolute Gasteiger partial charge is 0.406 e. The van der Waals surface area contributed by atoms with Gasteiger partial charge in [-0.15, -0.1) is 18.3 Å². The summed E-state index contributed by atoms with van der Waals surface area (Å²) in [6.45, 7) is 0.241. The molecular weight excluding hydrogens is 543 g/mol. The van der Waals surface area contributed by atoms with Crippen molar-refractivity contribution in [2.45, 2.75) is 6.36 Å². The first-order valence-electron chi connectivity index (χ1n) is 11.2. The van der Waals surface area contributed by atoms with Crippen LogP contribution >= 0.6 is 11.8 Å². The molecule has 5 rings (SSSR count). The zero-order valence-corrected chi connectivity index (χ0v) is 20.5. The van der Waals surface area contributed by atoms with Crippen LogP contribution in [-0.2, 0) is 4.79 Å². The fraction of sp³-hybridized carbons (Fsp3) is 0.120. The standard InChI is InChI=1S/C25H17F5N6O2S/c26-19-2-1-3-20(27)22(19)36-21(37)13-39-24(36)33-32-12-15-4-6-16(7-5-15)23-31-14-35(34-23)17-8-10-18(11-9-17)38-25(28,29)30/h1-12H,13-14H2,(H,31,34)/b32-12+,33-24-. The van der Waals surface area contributed by atoms with Gasteiger partial charge in [-0.3, -0.25) is 20.1 Å². The average molecular weight is 561 g/mol. The van der Waals surface area contributed by atoms with Crippen molar-refractivity contribution >= 4 is 46.3 Å². The minimum Gasteiger partial charge on any atom is -0.406 e. The first kappa shape index (κ1) is 26.2. The Morgan fingerprint density at radius 3 is 2.36 bits per heavy atom. The highest BCUT2D eigenvalue weighted by Crippen LogP contribution is 2.31. The molecule has 0 radical (unpaired) electrons. The van der Waals surface area contributed by atoms with E-state index in [2.05, 4.69) is 25.4 Å². The summed E-state index contributed by atoms with van der Waals surface area (Å²) in [6, 6.07) is 15.8. The molecule has 2 heterocycles. The van der Waals surface area contributed by atoms with Crippen LogP contribution in [0.25, 0.3) is 0 Å². The molecule has 0 atom stereocenters. The van der Waals surface area contributed by atoms with E-state index in [1.165, 1.54) is 36.5 Å². The van der Waals surface area contributed by atoms with Gasteiger partial charge in [0.1, 0.15) is 35.6 Å². The van der Waals surface area contributed by atoms with E-state index in [1.54, 1.807) is 29.3 Å². The van der Waals surface area contributed by atoms with E-state index in [4.69, 9.17) is 0 Å². The fourth-order valence-electron chi connectivity index (χ4n) is 3.70. The predicted octanol–water partition coefficient (Wildman–Crippen LogP) is 5.06. The molecule has 0 aliphatic carbocycles. The number of amidine groups is 2. The number of aliphatic imine (C=N–C) groups is 1. The zero-order valence-electron chi connectivity index (χ0n) is 19.7. The van der Waals surface area contributed by atoms with E-state index in [0.717, 1.165) is 34.4 Å². The first-order valence-corrected chi connectivity index (χ1v) is 12.2. The number of hydrogen-bond donors (Lipinski definition) is 1. The van der Waals surface area contributed by atoms with E-state index in [9.17, 15) is 26.7 Å². The van der Waals surface area contributed by atoms with Gasteiger partial charge in [0.15, 0.2) is 5.17 Å². The minimum atomic E-state index is -4.76. The lowest BCUT2D eigenvalue weighted by atomic mass is 10.1. The molecule has 8 nitrogen and oxygen atoms in total. The molecule has 14 heteroatoms. The second-order valence-corrected chi connectivity index (χ2v) is 9.01. The Kier molecular flexibility index (Phi) is 7.19. The van der Waals surface area contributed by atoms with E-state index in [-0.39, 0.29) is 23.3 Å². The van der Waals surface area contributed by atoms with E-state index >= 15 is 0 Å². The molecule has 3 aromatic rings. The molecular formula is C25H17F5N6O2S. The van der Waals surface area contributed by atoms with Gasteiger partial charge in [0.05, 0.1) is 17.7 Å². The number of carbonyl (C=O) groups excluding carboxylic acids is 1. The van der Waals surface area contributed by atoms with Crippen LogP contribution in [0.4, 0.5) is 33.3 Å². The van der Waals surface area contributed by atoms with Gasteiger partial charge in [-0.05, 0) is 42.0 Å². The highest BCUT2D eigenvalue weighted by Gasteiger charge is 2.34. The zero-order chi connectivity index (χ0) is 27.6. The lowest BCUT2D eigenvalue weighted by molar-refractivity contribution is -0.274. The van der Waals surface area contributed by atoms with Crippen LogP contribution in [0.3, 0.4) is 0 Å². The second-order valence-electron chi connectivity index (χ2n) is 8.07. The van der Waals surface area contributed by atoms with E-state index in [0.29, 0.717) is 17.1 Å². The van der Waals surface area contributed by atoms with Gasteiger partial charge < -0.3 is 4.74 Å². The number of halogens is 5. The quantitative estimate of drug-likeness (QED) is 0.259. The summed E-state index contributed by atoms with van der Waals surface area (Å²) in [4.78, 5) is 17.5. The summed E-state index contributed by atoms with van der Waals surface area (Å²) in [5.41, 5.74) is 4.60. The molecule has 39 heavy (non-hydrogen) atoms. The third-order valence-electron chi connectivity index (χ3n) is 5.45. The van der Waals surface area contributed by atoms with E-state index < -0.39 is 29.6 Å². The number of alkyl halides is 3. The molecule has 0 saturated carbocycles. The number of para-hydroxylation sites is 1. The Balaban J connectivity index is 1.22. The molecule has 3 aromatic carbocycles. The SMILES string of the molecule is O=C1CS/C(=N\N=C\c2ccc(C3=NCN(c4ccc(OC(F)(F)F)cc4)N3)cc2)N1c1c(F)cccc1F. The molecule has 1 amide bonds. The Morgan fingerprint density at radius 1 is 1.00 bits per heavy atom. The maximum absolute atomic E-state index is 14.2. The highest BCUT2D eigenvalue weighted by atomic mass is 32.2. The van der Waals surface area contributed by atoms with Crippen molar-refractivity contribution < 1.29 is 31.5 Å². The molecule has 0 unspecified atom stereocenters. The number of nitrogens with zero attached hydrogens (tertiary/aromatic N) is 5. The molecule has 1 N–H and O–H groups in total. The van der Waals surface area contributed by atoms with Crippen molar-refractivity contribution in [3.05, 3.63) is 89.5 Å². The van der Waals surface area contributed by atoms with Crippen LogP contribution in [0.15, 0.2) is 81.9 Å². The van der Waals surface area contributed by atoms with Crippen molar-refractivity contribution in [2.24, 2.45) is 15.2 Å². The van der Waals surface area contributed by atoms with Gasteiger partial charge in [0, 0.05) is 5.56 Å². The second kappa shape index (κ2) is 10.7. The van der Waals surface area contributed by atoms with Gasteiger partial charge in [-0.2, -0.15) is 5.10 Å². The lowest BCUT2D eigenvalue weighted by Crippen LogP contribution is -2.36. The molecule has 1 saturated heterocycles. The number of ether oxygens (including phenoxy) is 1. The van der Waals surface area contributed by atoms with Gasteiger partial charge in [-0.1, -0.05) is 42.1 Å². The van der Waals surface area contributed by atoms with Crippen LogP contribution in [0.2, 0.25) is 0 Å². The predicted molar refractivity (Wildman–Crippen MR) is 138 cm³/mol. The fourth-order valence-corrected chi connectivity index (χ4v) is 4.51. The third kappa shape index (κ3) is 6.00. The van der Waals surface area contributed by atoms with Crippen molar-refractivity contribution in [2.75, 3.05) is 22.3 Å². The van der Waals surface area contributed by atoms with Gasteiger partial charge in [0.25, 0.3) is 0 Å². The summed E-state index contributed by atoms with van der Waals surface area (Å²) in [6.07, 6.45) is -3.33. The van der Waals surface area contributed by atoms with Crippen molar-refractivity contribution in [1.82, 2.24) is 5.43 Å². The lowest BCUT2D eigenvalue weighted by Gasteiger charge is -2.19. The summed E-state index contributed by atoms with van der Waals surface area (Å²) < 4.78 is 69.3. The Morgan fingerprint density at radius 2 is 1.69 bits per heavy atom. The number of anilines is 2. The number of nitrogens with one attached hydrogen (secondary N) is 1. The maximum atomic E-state index is 14.2. The summed E-state index contributed by atoms with van der Waals surface area (Å²) >= 11 is 1.02. The number of rotatable bonds is 6. The Bertz CT molecular complexity index is 1460. The number of carbonyl (C=O) groups is 1.